The number of benzene rings is 2. The molecule has 1 nitrogen and oxygen atoms in total. The third kappa shape index (κ3) is 4.83. The number of hydrogen-bond acceptors (Lipinski definition) is 0. The van der Waals surface area contributed by atoms with Crippen molar-refractivity contribution < 1.29 is 0 Å². The lowest BCUT2D eigenvalue weighted by Gasteiger charge is -2.20. The van der Waals surface area contributed by atoms with Crippen LogP contribution in [0.4, 0.5) is 0 Å². The van der Waals surface area contributed by atoms with Gasteiger partial charge in [-0.1, -0.05) is 89.4 Å². The third-order valence-corrected chi connectivity index (χ3v) is 6.52. The smallest absolute Gasteiger partial charge is 0.0418 e. The highest BCUT2D eigenvalue weighted by molar-refractivity contribution is 5.83. The summed E-state index contributed by atoms with van der Waals surface area (Å²) in [5.41, 5.74) is 2.95. The van der Waals surface area contributed by atoms with Crippen molar-refractivity contribution >= 4 is 23.9 Å². The maximum Gasteiger partial charge on any atom is 0.0418 e. The maximum absolute atomic E-state index is 4.30. The number of aromatic nitrogens is 1. The van der Waals surface area contributed by atoms with E-state index in [1.54, 1.807) is 0 Å². The van der Waals surface area contributed by atoms with E-state index in [0.29, 0.717) is 17.8 Å². The molecule has 3 aromatic rings. The van der Waals surface area contributed by atoms with E-state index in [0.717, 1.165) is 30.1 Å². The summed E-state index contributed by atoms with van der Waals surface area (Å²) >= 11 is 0. The Hall–Kier alpha value is -2.28. The number of fused-ring (bicyclic) bond motifs is 1. The van der Waals surface area contributed by atoms with Gasteiger partial charge in [-0.3, -0.25) is 0 Å². The SMILES string of the molecule is C=c1c2ccccc2c(=C)n1CCCC(C)Cc1ccc(C(CC)C(C)C)cc1. The zero-order valence-electron chi connectivity index (χ0n) is 18.7. The van der Waals surface area contributed by atoms with Crippen LogP contribution in [-0.4, -0.2) is 4.57 Å². The van der Waals surface area contributed by atoms with Gasteiger partial charge in [0.05, 0.1) is 0 Å². The lowest BCUT2D eigenvalue weighted by molar-refractivity contribution is 0.472. The highest BCUT2D eigenvalue weighted by Gasteiger charge is 2.13. The van der Waals surface area contributed by atoms with Gasteiger partial charge in [0.15, 0.2) is 0 Å². The first-order chi connectivity index (χ1) is 13.9. The van der Waals surface area contributed by atoms with Crippen molar-refractivity contribution in [2.75, 3.05) is 0 Å². The van der Waals surface area contributed by atoms with Crippen LogP contribution >= 0.6 is 0 Å². The Labute approximate surface area is 176 Å². The van der Waals surface area contributed by atoms with Gasteiger partial charge in [0.2, 0.25) is 0 Å². The van der Waals surface area contributed by atoms with Gasteiger partial charge in [-0.25, -0.2) is 0 Å². The second kappa shape index (κ2) is 9.48. The minimum atomic E-state index is 0.673. The van der Waals surface area contributed by atoms with Crippen molar-refractivity contribution in [3.05, 3.63) is 70.4 Å². The molecule has 29 heavy (non-hydrogen) atoms. The minimum Gasteiger partial charge on any atom is -0.341 e. The van der Waals surface area contributed by atoms with Crippen LogP contribution in [0, 0.1) is 11.8 Å². The predicted octanol–water partition coefficient (Wildman–Crippen LogP) is 6.27. The molecule has 0 fully saturated rings. The molecule has 1 aromatic heterocycles. The summed E-state index contributed by atoms with van der Waals surface area (Å²) in [5.74, 6) is 2.05. The van der Waals surface area contributed by atoms with Crippen molar-refractivity contribution in [3.63, 3.8) is 0 Å². The van der Waals surface area contributed by atoms with Crippen molar-refractivity contribution in [3.8, 4) is 0 Å². The van der Waals surface area contributed by atoms with E-state index < -0.39 is 0 Å². The van der Waals surface area contributed by atoms with E-state index in [9.17, 15) is 0 Å². The number of rotatable bonds is 9. The van der Waals surface area contributed by atoms with Gasteiger partial charge in [0.1, 0.15) is 0 Å². The first-order valence-electron chi connectivity index (χ1n) is 11.3. The molecular formula is C28H37N. The van der Waals surface area contributed by atoms with E-state index >= 15 is 0 Å². The summed E-state index contributed by atoms with van der Waals surface area (Å²) < 4.78 is 2.29. The Bertz CT molecular complexity index is 976. The lowest BCUT2D eigenvalue weighted by Crippen LogP contribution is -2.25. The normalized spacial score (nSPS) is 13.8. The molecule has 2 atom stereocenters. The van der Waals surface area contributed by atoms with Crippen LogP contribution in [0.1, 0.15) is 64.0 Å². The van der Waals surface area contributed by atoms with Crippen LogP contribution in [0.15, 0.2) is 48.5 Å². The molecular weight excluding hydrogens is 350 g/mol. The first kappa shape index (κ1) is 21.4. The second-order valence-corrected chi connectivity index (χ2v) is 9.04. The zero-order valence-corrected chi connectivity index (χ0v) is 18.7. The Morgan fingerprint density at radius 3 is 1.97 bits per heavy atom. The number of nitrogens with zero attached hydrogens (tertiary/aromatic N) is 1. The average Bonchev–Trinajstić information content (AvgIpc) is 2.95. The van der Waals surface area contributed by atoms with Crippen molar-refractivity contribution in [2.45, 2.75) is 65.8 Å². The Morgan fingerprint density at radius 2 is 1.45 bits per heavy atom. The van der Waals surface area contributed by atoms with Gasteiger partial charge in [-0.2, -0.15) is 0 Å². The van der Waals surface area contributed by atoms with Crippen molar-refractivity contribution in [1.29, 1.82) is 0 Å². The van der Waals surface area contributed by atoms with Gasteiger partial charge in [0.25, 0.3) is 0 Å². The summed E-state index contributed by atoms with van der Waals surface area (Å²) in [6, 6.07) is 17.9. The molecule has 1 heterocycles. The molecule has 3 rings (SSSR count). The molecule has 0 bridgehead atoms. The topological polar surface area (TPSA) is 4.93 Å². The van der Waals surface area contributed by atoms with Crippen LogP contribution in [0.2, 0.25) is 0 Å². The molecule has 0 amide bonds. The molecule has 0 spiro atoms. The molecule has 0 N–H and O–H groups in total. The summed E-state index contributed by atoms with van der Waals surface area (Å²) in [6.07, 6.45) is 4.75. The van der Waals surface area contributed by atoms with Gasteiger partial charge < -0.3 is 4.57 Å². The molecule has 1 heteroatoms. The van der Waals surface area contributed by atoms with Crippen LogP contribution in [-0.2, 0) is 13.0 Å². The standard InChI is InChI=1S/C28H37N/c1-7-26(20(2)3)25-16-14-24(15-17-25)19-21(4)11-10-18-29-22(5)27-12-8-9-13-28(27)23(29)6/h8-9,12-17,20-21,26H,5-7,10-11,18-19H2,1-4H3. The third-order valence-electron chi connectivity index (χ3n) is 6.52. The van der Waals surface area contributed by atoms with E-state index in [1.807, 2.05) is 0 Å². The largest absolute Gasteiger partial charge is 0.341 e. The molecule has 0 aliphatic rings. The fraction of sp³-hybridized carbons (Fsp3) is 0.429. The van der Waals surface area contributed by atoms with Crippen LogP contribution in [0.5, 0.6) is 0 Å². The first-order valence-corrected chi connectivity index (χ1v) is 11.3. The van der Waals surface area contributed by atoms with E-state index in [-0.39, 0.29) is 0 Å². The summed E-state index contributed by atoms with van der Waals surface area (Å²) in [7, 11) is 0. The summed E-state index contributed by atoms with van der Waals surface area (Å²) in [5, 5.41) is 4.67. The molecule has 0 radical (unpaired) electrons. The quantitative estimate of drug-likeness (QED) is 0.408. The van der Waals surface area contributed by atoms with Gasteiger partial charge in [0, 0.05) is 28.0 Å². The van der Waals surface area contributed by atoms with E-state index in [2.05, 4.69) is 94.0 Å². The molecule has 0 aliphatic heterocycles. The van der Waals surface area contributed by atoms with E-state index in [1.165, 1.54) is 34.7 Å². The second-order valence-electron chi connectivity index (χ2n) is 9.04. The number of hydrogen-bond donors (Lipinski definition) is 0. The van der Waals surface area contributed by atoms with Gasteiger partial charge >= 0.3 is 0 Å². The fourth-order valence-electron chi connectivity index (χ4n) is 4.81. The van der Waals surface area contributed by atoms with E-state index in [4.69, 9.17) is 0 Å². The summed E-state index contributed by atoms with van der Waals surface area (Å²) in [4.78, 5) is 0. The highest BCUT2D eigenvalue weighted by Crippen LogP contribution is 2.28. The monoisotopic (exact) mass is 387 g/mol. The van der Waals surface area contributed by atoms with Crippen LogP contribution in [0.25, 0.3) is 23.9 Å². The minimum absolute atomic E-state index is 0.673. The van der Waals surface area contributed by atoms with Gasteiger partial charge in [-0.05, 0) is 54.6 Å². The lowest BCUT2D eigenvalue weighted by atomic mass is 9.85. The maximum atomic E-state index is 4.30. The molecule has 2 aromatic carbocycles. The van der Waals surface area contributed by atoms with Gasteiger partial charge in [-0.15, -0.1) is 0 Å². The highest BCUT2D eigenvalue weighted by atomic mass is 15.0. The molecule has 154 valence electrons. The fourth-order valence-corrected chi connectivity index (χ4v) is 4.81. The van der Waals surface area contributed by atoms with Crippen LogP contribution < -0.4 is 10.7 Å². The molecule has 2 unspecified atom stereocenters. The Kier molecular flexibility index (Phi) is 7.00. The Balaban J connectivity index is 1.56. The summed E-state index contributed by atoms with van der Waals surface area (Å²) in [6.45, 7) is 18.9. The predicted molar refractivity (Wildman–Crippen MR) is 129 cm³/mol. The Morgan fingerprint density at radius 1 is 0.862 bits per heavy atom. The van der Waals surface area contributed by atoms with Crippen molar-refractivity contribution in [2.24, 2.45) is 11.8 Å². The average molecular weight is 388 g/mol. The van der Waals surface area contributed by atoms with Crippen LogP contribution in [0.3, 0.4) is 0 Å². The molecule has 0 saturated heterocycles. The molecule has 0 saturated carbocycles. The van der Waals surface area contributed by atoms with Crippen molar-refractivity contribution in [1.82, 2.24) is 4.57 Å². The zero-order chi connectivity index (χ0) is 21.0. The molecule has 0 aliphatic carbocycles.